The minimum absolute atomic E-state index is 0.00319. The van der Waals surface area contributed by atoms with Crippen molar-refractivity contribution < 1.29 is 14.7 Å². The average molecular weight is 270 g/mol. The first kappa shape index (κ1) is 15.8. The second-order valence-electron chi connectivity index (χ2n) is 5.44. The summed E-state index contributed by atoms with van der Waals surface area (Å²) in [6.45, 7) is 4.92. The molecule has 3 N–H and O–H groups in total. The first-order chi connectivity index (χ1) is 9.06. The quantitative estimate of drug-likeness (QED) is 0.693. The van der Waals surface area contributed by atoms with E-state index in [1.165, 1.54) is 0 Å². The maximum Gasteiger partial charge on any atom is 0.315 e. The first-order valence-electron chi connectivity index (χ1n) is 7.33. The van der Waals surface area contributed by atoms with Crippen LogP contribution in [0, 0.1) is 11.8 Å². The van der Waals surface area contributed by atoms with Crippen LogP contribution in [0.2, 0.25) is 0 Å². The summed E-state index contributed by atoms with van der Waals surface area (Å²) in [7, 11) is 0. The Hall–Kier alpha value is -1.26. The topological polar surface area (TPSA) is 78.4 Å². The molecule has 2 unspecified atom stereocenters. The number of urea groups is 1. The molecular weight excluding hydrogens is 244 g/mol. The van der Waals surface area contributed by atoms with E-state index < -0.39 is 5.97 Å². The van der Waals surface area contributed by atoms with Crippen molar-refractivity contribution in [2.24, 2.45) is 11.8 Å². The Kier molecular flexibility index (Phi) is 6.67. The van der Waals surface area contributed by atoms with Crippen LogP contribution in [0.15, 0.2) is 0 Å². The van der Waals surface area contributed by atoms with Gasteiger partial charge in [0.1, 0.15) is 0 Å². The minimum atomic E-state index is -0.746. The third kappa shape index (κ3) is 5.49. The Balaban J connectivity index is 2.29. The molecule has 2 amide bonds. The zero-order valence-corrected chi connectivity index (χ0v) is 11.9. The Labute approximate surface area is 115 Å². The predicted octanol–water partition coefficient (Wildman–Crippen LogP) is 2.37. The molecule has 1 rings (SSSR count). The van der Waals surface area contributed by atoms with Crippen LogP contribution in [0.25, 0.3) is 0 Å². The Morgan fingerprint density at radius 3 is 2.53 bits per heavy atom. The molecule has 0 radical (unpaired) electrons. The van der Waals surface area contributed by atoms with E-state index >= 15 is 0 Å². The normalized spacial score (nSPS) is 23.1. The lowest BCUT2D eigenvalue weighted by molar-refractivity contribution is -0.143. The van der Waals surface area contributed by atoms with E-state index in [1.54, 1.807) is 0 Å². The monoisotopic (exact) mass is 270 g/mol. The molecule has 1 saturated carbocycles. The Morgan fingerprint density at radius 2 is 1.95 bits per heavy atom. The number of carbonyl (C=O) groups is 2. The van der Waals surface area contributed by atoms with Gasteiger partial charge in [-0.2, -0.15) is 0 Å². The SMILES string of the molecule is CCC(CC)CNC(=O)NC1CCCC(C(=O)O)C1. The lowest BCUT2D eigenvalue weighted by Crippen LogP contribution is -2.46. The number of rotatable bonds is 6. The molecule has 0 saturated heterocycles. The van der Waals surface area contributed by atoms with Crippen molar-refractivity contribution in [2.75, 3.05) is 6.54 Å². The maximum absolute atomic E-state index is 11.8. The third-order valence-corrected chi connectivity index (χ3v) is 4.06. The minimum Gasteiger partial charge on any atom is -0.481 e. The highest BCUT2D eigenvalue weighted by Gasteiger charge is 2.27. The van der Waals surface area contributed by atoms with Crippen LogP contribution in [0.4, 0.5) is 4.79 Å². The Bertz CT molecular complexity index is 303. The van der Waals surface area contributed by atoms with Crippen molar-refractivity contribution >= 4 is 12.0 Å². The van der Waals surface area contributed by atoms with Gasteiger partial charge in [-0.05, 0) is 25.2 Å². The summed E-state index contributed by atoms with van der Waals surface area (Å²) in [4.78, 5) is 22.7. The van der Waals surface area contributed by atoms with Crippen LogP contribution in [0.5, 0.6) is 0 Å². The number of carbonyl (C=O) groups excluding carboxylic acids is 1. The second kappa shape index (κ2) is 8.02. The molecule has 0 heterocycles. The Morgan fingerprint density at radius 1 is 1.26 bits per heavy atom. The van der Waals surface area contributed by atoms with E-state index in [0.29, 0.717) is 18.9 Å². The summed E-state index contributed by atoms with van der Waals surface area (Å²) in [6, 6.07) is -0.167. The highest BCUT2D eigenvalue weighted by molar-refractivity contribution is 5.74. The van der Waals surface area contributed by atoms with E-state index in [1.807, 2.05) is 0 Å². The fraction of sp³-hybridized carbons (Fsp3) is 0.857. The smallest absolute Gasteiger partial charge is 0.315 e. The first-order valence-corrected chi connectivity index (χ1v) is 7.33. The van der Waals surface area contributed by atoms with Crippen molar-refractivity contribution in [1.29, 1.82) is 0 Å². The van der Waals surface area contributed by atoms with Gasteiger partial charge >= 0.3 is 12.0 Å². The summed E-state index contributed by atoms with van der Waals surface area (Å²) >= 11 is 0. The van der Waals surface area contributed by atoms with E-state index in [-0.39, 0.29) is 18.0 Å². The standard InChI is InChI=1S/C14H26N2O3/c1-3-10(4-2)9-15-14(19)16-12-7-5-6-11(8-12)13(17)18/h10-12H,3-9H2,1-2H3,(H,17,18)(H2,15,16,19). The van der Waals surface area contributed by atoms with E-state index in [2.05, 4.69) is 24.5 Å². The van der Waals surface area contributed by atoms with Gasteiger partial charge in [0.15, 0.2) is 0 Å². The van der Waals surface area contributed by atoms with Gasteiger partial charge in [-0.1, -0.05) is 33.1 Å². The number of aliphatic carboxylic acids is 1. The molecule has 0 aromatic heterocycles. The van der Waals surface area contributed by atoms with Crippen LogP contribution in [-0.2, 0) is 4.79 Å². The summed E-state index contributed by atoms with van der Waals surface area (Å²) in [5, 5.41) is 14.8. The van der Waals surface area contributed by atoms with E-state index in [9.17, 15) is 9.59 Å². The molecule has 5 heteroatoms. The molecular formula is C14H26N2O3. The van der Waals surface area contributed by atoms with Crippen molar-refractivity contribution in [1.82, 2.24) is 10.6 Å². The van der Waals surface area contributed by atoms with Gasteiger partial charge in [-0.15, -0.1) is 0 Å². The molecule has 1 aliphatic carbocycles. The molecule has 110 valence electrons. The molecule has 0 spiro atoms. The lowest BCUT2D eigenvalue weighted by atomic mass is 9.86. The lowest BCUT2D eigenvalue weighted by Gasteiger charge is -2.27. The van der Waals surface area contributed by atoms with Gasteiger partial charge in [-0.25, -0.2) is 4.79 Å². The molecule has 0 aliphatic heterocycles. The molecule has 1 fully saturated rings. The van der Waals surface area contributed by atoms with Crippen LogP contribution >= 0.6 is 0 Å². The van der Waals surface area contributed by atoms with Gasteiger partial charge in [0.25, 0.3) is 0 Å². The molecule has 19 heavy (non-hydrogen) atoms. The van der Waals surface area contributed by atoms with Crippen molar-refractivity contribution in [3.8, 4) is 0 Å². The summed E-state index contributed by atoms with van der Waals surface area (Å²) in [5.41, 5.74) is 0. The molecule has 1 aliphatic rings. The zero-order chi connectivity index (χ0) is 14.3. The number of carboxylic acids is 1. The number of hydrogen-bond acceptors (Lipinski definition) is 2. The van der Waals surface area contributed by atoms with Crippen LogP contribution in [0.3, 0.4) is 0 Å². The molecule has 2 atom stereocenters. The summed E-state index contributed by atoms with van der Waals surface area (Å²) < 4.78 is 0. The van der Waals surface area contributed by atoms with Gasteiger partial charge in [0.2, 0.25) is 0 Å². The summed E-state index contributed by atoms with van der Waals surface area (Å²) in [6.07, 6.45) is 5.13. The van der Waals surface area contributed by atoms with Crippen molar-refractivity contribution in [3.63, 3.8) is 0 Å². The van der Waals surface area contributed by atoms with Gasteiger partial charge in [0.05, 0.1) is 5.92 Å². The number of nitrogens with one attached hydrogen (secondary N) is 2. The molecule has 0 bridgehead atoms. The third-order valence-electron chi connectivity index (χ3n) is 4.06. The van der Waals surface area contributed by atoms with E-state index in [0.717, 1.165) is 32.1 Å². The largest absolute Gasteiger partial charge is 0.481 e. The fourth-order valence-corrected chi connectivity index (χ4v) is 2.60. The average Bonchev–Trinajstić information content (AvgIpc) is 2.40. The highest BCUT2D eigenvalue weighted by Crippen LogP contribution is 2.24. The summed E-state index contributed by atoms with van der Waals surface area (Å²) in [5.74, 6) is -0.536. The number of amides is 2. The predicted molar refractivity (Wildman–Crippen MR) is 74.0 cm³/mol. The molecule has 0 aromatic rings. The molecule has 0 aromatic carbocycles. The zero-order valence-electron chi connectivity index (χ0n) is 11.9. The van der Waals surface area contributed by atoms with Crippen molar-refractivity contribution in [3.05, 3.63) is 0 Å². The van der Waals surface area contributed by atoms with Gasteiger partial charge in [-0.3, -0.25) is 4.79 Å². The van der Waals surface area contributed by atoms with Gasteiger partial charge < -0.3 is 15.7 Å². The number of carboxylic acid groups (broad SMARTS) is 1. The van der Waals surface area contributed by atoms with E-state index in [4.69, 9.17) is 5.11 Å². The van der Waals surface area contributed by atoms with Crippen LogP contribution < -0.4 is 10.6 Å². The molecule has 5 nitrogen and oxygen atoms in total. The van der Waals surface area contributed by atoms with Crippen LogP contribution in [0.1, 0.15) is 52.4 Å². The van der Waals surface area contributed by atoms with Crippen molar-refractivity contribution in [2.45, 2.75) is 58.4 Å². The second-order valence-corrected chi connectivity index (χ2v) is 5.44. The number of hydrogen-bond donors (Lipinski definition) is 3. The fourth-order valence-electron chi connectivity index (χ4n) is 2.60. The maximum atomic E-state index is 11.8. The van der Waals surface area contributed by atoms with Gasteiger partial charge in [0, 0.05) is 12.6 Å². The van der Waals surface area contributed by atoms with Crippen LogP contribution in [-0.4, -0.2) is 29.7 Å². The highest BCUT2D eigenvalue weighted by atomic mass is 16.4.